The fraction of sp³-hybridized carbons (Fsp3) is 0.731. The highest BCUT2D eigenvalue weighted by Gasteiger charge is 2.58. The number of hydrogen-bond donors (Lipinski definition) is 3. The van der Waals surface area contributed by atoms with Crippen LogP contribution in [0.15, 0.2) is 29.3 Å². The van der Waals surface area contributed by atoms with E-state index in [1.54, 1.807) is 12.5 Å². The maximum atomic E-state index is 12.0. The topological polar surface area (TPSA) is 99.6 Å². The van der Waals surface area contributed by atoms with Gasteiger partial charge in [0.25, 0.3) is 5.91 Å². The van der Waals surface area contributed by atoms with Crippen LogP contribution in [0.1, 0.15) is 70.9 Å². The monoisotopic (exact) mass is 454 g/mol. The van der Waals surface area contributed by atoms with Crippen molar-refractivity contribution >= 4 is 11.6 Å². The Hall–Kier alpha value is -2.15. The first-order valence-electron chi connectivity index (χ1n) is 12.7. The fourth-order valence-corrected chi connectivity index (χ4v) is 7.60. The molecule has 0 spiro atoms. The van der Waals surface area contributed by atoms with Gasteiger partial charge in [0.05, 0.1) is 18.1 Å². The Balaban J connectivity index is 1.16. The summed E-state index contributed by atoms with van der Waals surface area (Å²) in [5.74, 6) is 1.97. The van der Waals surface area contributed by atoms with E-state index < -0.39 is 0 Å². The number of carbonyl (C=O) groups is 1. The molecule has 5 rings (SSSR count). The van der Waals surface area contributed by atoms with Gasteiger partial charge in [-0.2, -0.15) is 0 Å². The molecule has 4 aliphatic carbocycles. The first-order chi connectivity index (χ1) is 15.9. The maximum absolute atomic E-state index is 12.0. The largest absolute Gasteiger partial charge is 0.393 e. The molecular weight excluding hydrogens is 416 g/mol. The van der Waals surface area contributed by atoms with E-state index in [1.807, 2.05) is 0 Å². The van der Waals surface area contributed by atoms with Gasteiger partial charge in [-0.15, -0.1) is 0 Å². The molecule has 0 radical (unpaired) electrons. The summed E-state index contributed by atoms with van der Waals surface area (Å²) in [6, 6.07) is 0. The minimum atomic E-state index is -0.156. The van der Waals surface area contributed by atoms with E-state index in [9.17, 15) is 9.90 Å². The van der Waals surface area contributed by atoms with Gasteiger partial charge in [0, 0.05) is 24.9 Å². The number of aliphatic hydroxyl groups is 1. The first-order valence-corrected chi connectivity index (χ1v) is 12.7. The van der Waals surface area contributed by atoms with Gasteiger partial charge in [-0.25, -0.2) is 4.98 Å². The van der Waals surface area contributed by atoms with Crippen molar-refractivity contribution in [2.24, 2.45) is 33.7 Å². The molecule has 7 heteroatoms. The minimum absolute atomic E-state index is 0.0554. The van der Waals surface area contributed by atoms with E-state index in [0.717, 1.165) is 49.4 Å². The highest BCUT2D eigenvalue weighted by atomic mass is 16.6. The van der Waals surface area contributed by atoms with Crippen LogP contribution in [-0.4, -0.2) is 45.9 Å². The van der Waals surface area contributed by atoms with Crippen LogP contribution in [0.2, 0.25) is 0 Å². The van der Waals surface area contributed by atoms with Crippen LogP contribution in [-0.2, 0) is 16.1 Å². The van der Waals surface area contributed by atoms with Crippen LogP contribution in [0.3, 0.4) is 0 Å². The summed E-state index contributed by atoms with van der Waals surface area (Å²) in [7, 11) is 0. The molecule has 0 saturated heterocycles. The lowest BCUT2D eigenvalue weighted by Gasteiger charge is -2.57. The summed E-state index contributed by atoms with van der Waals surface area (Å²) < 4.78 is 0. The molecule has 0 aliphatic heterocycles. The van der Waals surface area contributed by atoms with Crippen molar-refractivity contribution in [1.29, 1.82) is 0 Å². The molecule has 4 aliphatic rings. The third-order valence-electron chi connectivity index (χ3n) is 9.58. The molecule has 1 aromatic rings. The lowest BCUT2D eigenvalue weighted by atomic mass is 9.47. The van der Waals surface area contributed by atoms with E-state index in [-0.39, 0.29) is 29.4 Å². The summed E-state index contributed by atoms with van der Waals surface area (Å²) in [6.45, 7) is 5.30. The quantitative estimate of drug-likeness (QED) is 0.570. The van der Waals surface area contributed by atoms with Crippen molar-refractivity contribution in [3.8, 4) is 0 Å². The average molecular weight is 455 g/mol. The SMILES string of the molecule is C[C@]12CC[C@@H]3[C@H](CCC4=C/C(=N/OCC(=O)NCCc5cnc[nH]5)CC[C@@]43C)[C@@H]1CC[C@H]2O. The van der Waals surface area contributed by atoms with Gasteiger partial charge < -0.3 is 20.2 Å². The highest BCUT2D eigenvalue weighted by molar-refractivity contribution is 5.96. The normalized spacial score (nSPS) is 38.8. The number of imidazole rings is 1. The van der Waals surface area contributed by atoms with E-state index in [1.165, 1.54) is 24.8 Å². The summed E-state index contributed by atoms with van der Waals surface area (Å²) in [4.78, 5) is 24.4. The van der Waals surface area contributed by atoms with Crippen molar-refractivity contribution in [2.45, 2.75) is 77.7 Å². The first kappa shape index (κ1) is 22.6. The second kappa shape index (κ2) is 8.90. The molecule has 33 heavy (non-hydrogen) atoms. The number of nitrogens with one attached hydrogen (secondary N) is 2. The van der Waals surface area contributed by atoms with Crippen LogP contribution >= 0.6 is 0 Å². The number of aromatic amines is 1. The van der Waals surface area contributed by atoms with Crippen molar-refractivity contribution < 1.29 is 14.7 Å². The number of oxime groups is 1. The predicted molar refractivity (Wildman–Crippen MR) is 126 cm³/mol. The number of carbonyl (C=O) groups excluding carboxylic acids is 1. The van der Waals surface area contributed by atoms with Crippen LogP contribution in [0, 0.1) is 28.6 Å². The number of rotatable bonds is 6. The molecule has 180 valence electrons. The third kappa shape index (κ3) is 4.13. The Bertz CT molecular complexity index is 926. The van der Waals surface area contributed by atoms with Crippen LogP contribution in [0.4, 0.5) is 0 Å². The average Bonchev–Trinajstić information content (AvgIpc) is 3.42. The molecule has 3 N–H and O–H groups in total. The van der Waals surface area contributed by atoms with Gasteiger partial charge in [0.1, 0.15) is 0 Å². The molecule has 1 aromatic heterocycles. The maximum Gasteiger partial charge on any atom is 0.260 e. The number of nitrogens with zero attached hydrogens (tertiary/aromatic N) is 2. The molecule has 3 saturated carbocycles. The lowest BCUT2D eigenvalue weighted by Crippen LogP contribution is -2.51. The van der Waals surface area contributed by atoms with Crippen molar-refractivity contribution in [1.82, 2.24) is 15.3 Å². The summed E-state index contributed by atoms with van der Waals surface area (Å²) in [5.41, 5.74) is 3.84. The molecule has 3 fully saturated rings. The predicted octanol–water partition coefficient (Wildman–Crippen LogP) is 3.76. The number of H-pyrrole nitrogens is 1. The van der Waals surface area contributed by atoms with Gasteiger partial charge in [0.2, 0.25) is 0 Å². The molecular formula is C26H38N4O3. The molecule has 7 nitrogen and oxygen atoms in total. The zero-order valence-corrected chi connectivity index (χ0v) is 20.0. The van der Waals surface area contributed by atoms with Gasteiger partial charge in [-0.05, 0) is 86.0 Å². The zero-order chi connectivity index (χ0) is 23.1. The molecule has 6 atom stereocenters. The Labute approximate surface area is 196 Å². The van der Waals surface area contributed by atoms with Gasteiger partial charge >= 0.3 is 0 Å². The van der Waals surface area contributed by atoms with Gasteiger partial charge in [-0.1, -0.05) is 24.6 Å². The molecule has 0 unspecified atom stereocenters. The number of fused-ring (bicyclic) bond motifs is 5. The van der Waals surface area contributed by atoms with Crippen LogP contribution in [0.25, 0.3) is 0 Å². The second-order valence-electron chi connectivity index (χ2n) is 11.2. The smallest absolute Gasteiger partial charge is 0.260 e. The van der Waals surface area contributed by atoms with Crippen molar-refractivity contribution in [3.63, 3.8) is 0 Å². The summed E-state index contributed by atoms with van der Waals surface area (Å²) >= 11 is 0. The number of aliphatic hydroxyl groups excluding tert-OH is 1. The Morgan fingerprint density at radius 1 is 1.24 bits per heavy atom. The number of hydrogen-bond acceptors (Lipinski definition) is 5. The number of allylic oxidation sites excluding steroid dienone is 2. The van der Waals surface area contributed by atoms with Crippen LogP contribution in [0.5, 0.6) is 0 Å². The third-order valence-corrected chi connectivity index (χ3v) is 9.58. The van der Waals surface area contributed by atoms with Gasteiger partial charge in [-0.3, -0.25) is 4.79 Å². The zero-order valence-electron chi connectivity index (χ0n) is 20.0. The molecule has 1 heterocycles. The number of amides is 1. The van der Waals surface area contributed by atoms with Crippen LogP contribution < -0.4 is 5.32 Å². The van der Waals surface area contributed by atoms with Gasteiger partial charge in [0.15, 0.2) is 6.61 Å². The Morgan fingerprint density at radius 2 is 2.12 bits per heavy atom. The lowest BCUT2D eigenvalue weighted by molar-refractivity contribution is -0.125. The van der Waals surface area contributed by atoms with E-state index >= 15 is 0 Å². The molecule has 0 bridgehead atoms. The van der Waals surface area contributed by atoms with E-state index in [4.69, 9.17) is 4.84 Å². The highest BCUT2D eigenvalue weighted by Crippen LogP contribution is 2.65. The molecule has 0 aromatic carbocycles. The summed E-state index contributed by atoms with van der Waals surface area (Å²) in [5, 5.41) is 17.8. The Morgan fingerprint density at radius 3 is 2.94 bits per heavy atom. The molecule has 1 amide bonds. The fourth-order valence-electron chi connectivity index (χ4n) is 7.60. The summed E-state index contributed by atoms with van der Waals surface area (Å²) in [6.07, 6.45) is 15.2. The minimum Gasteiger partial charge on any atom is -0.393 e. The van der Waals surface area contributed by atoms with E-state index in [0.29, 0.717) is 24.8 Å². The number of aromatic nitrogens is 2. The van der Waals surface area contributed by atoms with Crippen molar-refractivity contribution in [2.75, 3.05) is 13.2 Å². The standard InChI is InChI=1S/C26H38N4O3/c1-25-10-7-18(30-33-15-24(32)28-12-9-19-14-27-16-29-19)13-17(25)3-4-20-21-5-6-23(31)26(21,2)11-8-22(20)25/h13-14,16,20-23,31H,3-12,15H2,1-2H3,(H,27,29)(H,28,32)/b30-18+/t20-,21+,22-,23-,25+,26+/m1/s1. The Kier molecular flexibility index (Phi) is 6.10. The van der Waals surface area contributed by atoms with E-state index in [2.05, 4.69) is 40.4 Å². The van der Waals surface area contributed by atoms with Crippen molar-refractivity contribution in [3.05, 3.63) is 29.9 Å². The second-order valence-corrected chi connectivity index (χ2v) is 11.2.